The van der Waals surface area contributed by atoms with Gasteiger partial charge in [-0.2, -0.15) is 0 Å². The number of halogens is 3. The van der Waals surface area contributed by atoms with Crippen LogP contribution in [-0.2, 0) is 0 Å². The fraction of sp³-hybridized carbons (Fsp3) is 0.0909. The van der Waals surface area contributed by atoms with Crippen LogP contribution in [0.4, 0.5) is 0 Å². The van der Waals surface area contributed by atoms with Gasteiger partial charge in [0.15, 0.2) is 0 Å². The van der Waals surface area contributed by atoms with E-state index >= 15 is 0 Å². The minimum absolute atomic E-state index is 1.05. The summed E-state index contributed by atoms with van der Waals surface area (Å²) < 4.78 is 3.21. The lowest BCUT2D eigenvalue weighted by molar-refractivity contribution is 1.36. The molecule has 25 heavy (non-hydrogen) atoms. The van der Waals surface area contributed by atoms with Crippen molar-refractivity contribution in [2.75, 3.05) is 0 Å². The Balaban J connectivity index is 2.19. The predicted molar refractivity (Wildman–Crippen MR) is 119 cm³/mol. The average Bonchev–Trinajstić information content (AvgIpc) is 2.56. The molecule has 0 aliphatic heterocycles. The summed E-state index contributed by atoms with van der Waals surface area (Å²) in [6.07, 6.45) is 0. The van der Waals surface area contributed by atoms with Gasteiger partial charge in [-0.3, -0.25) is 0 Å². The molecule has 0 N–H and O–H groups in total. The highest BCUT2D eigenvalue weighted by Crippen LogP contribution is 2.44. The molecule has 0 unspecified atom stereocenters. The van der Waals surface area contributed by atoms with Crippen molar-refractivity contribution in [3.05, 3.63) is 79.1 Å². The van der Waals surface area contributed by atoms with Crippen LogP contribution in [0.5, 0.6) is 0 Å². The van der Waals surface area contributed by atoms with Gasteiger partial charge in [-0.05, 0) is 76.3 Å². The summed E-state index contributed by atoms with van der Waals surface area (Å²) in [6, 6.07) is 19.7. The van der Waals surface area contributed by atoms with E-state index in [9.17, 15) is 0 Å². The molecule has 0 radical (unpaired) electrons. The van der Waals surface area contributed by atoms with Crippen molar-refractivity contribution < 1.29 is 0 Å². The molecule has 4 rings (SSSR count). The van der Waals surface area contributed by atoms with Crippen LogP contribution in [0.2, 0.25) is 0 Å². The second kappa shape index (κ2) is 6.53. The van der Waals surface area contributed by atoms with Crippen molar-refractivity contribution in [3.8, 4) is 11.1 Å². The van der Waals surface area contributed by atoms with Crippen LogP contribution in [0.25, 0.3) is 32.7 Å². The van der Waals surface area contributed by atoms with Crippen molar-refractivity contribution >= 4 is 69.3 Å². The molecule has 0 amide bonds. The first kappa shape index (κ1) is 17.3. The van der Waals surface area contributed by atoms with Crippen LogP contribution in [0.3, 0.4) is 0 Å². The van der Waals surface area contributed by atoms with Gasteiger partial charge in [0.1, 0.15) is 0 Å². The highest BCUT2D eigenvalue weighted by Gasteiger charge is 2.17. The Morgan fingerprint density at radius 1 is 0.640 bits per heavy atom. The predicted octanol–water partition coefficient (Wildman–Crippen LogP) is 8.56. The molecule has 0 saturated carbocycles. The van der Waals surface area contributed by atoms with Gasteiger partial charge in [0.05, 0.1) is 0 Å². The van der Waals surface area contributed by atoms with Gasteiger partial charge >= 0.3 is 0 Å². The van der Waals surface area contributed by atoms with Gasteiger partial charge in [0.2, 0.25) is 0 Å². The van der Waals surface area contributed by atoms with Gasteiger partial charge in [0.25, 0.3) is 0 Å². The second-order valence-electron chi connectivity index (χ2n) is 6.36. The molecule has 0 atom stereocenters. The summed E-state index contributed by atoms with van der Waals surface area (Å²) in [7, 11) is 0. The molecule has 0 fully saturated rings. The van der Waals surface area contributed by atoms with Crippen molar-refractivity contribution in [1.29, 1.82) is 0 Å². The maximum Gasteiger partial charge on any atom is 0.0276 e. The molecule has 0 saturated heterocycles. The van der Waals surface area contributed by atoms with Crippen LogP contribution in [0.1, 0.15) is 11.1 Å². The maximum absolute atomic E-state index is 3.77. The average molecular weight is 519 g/mol. The molecule has 0 aromatic heterocycles. The summed E-state index contributed by atoms with van der Waals surface area (Å²) in [4.78, 5) is 0. The van der Waals surface area contributed by atoms with Gasteiger partial charge in [-0.15, -0.1) is 0 Å². The zero-order valence-corrected chi connectivity index (χ0v) is 18.6. The largest absolute Gasteiger partial charge is 0.0616 e. The van der Waals surface area contributed by atoms with Gasteiger partial charge in [0, 0.05) is 19.0 Å². The molecule has 124 valence electrons. The fourth-order valence-electron chi connectivity index (χ4n) is 3.44. The topological polar surface area (TPSA) is 0 Å². The molecular weight excluding hydrogens is 504 g/mol. The third-order valence-electron chi connectivity index (χ3n) is 4.78. The number of aryl methyl sites for hydroxylation is 1. The van der Waals surface area contributed by atoms with Gasteiger partial charge in [-0.25, -0.2) is 0 Å². The van der Waals surface area contributed by atoms with Crippen LogP contribution < -0.4 is 0 Å². The van der Waals surface area contributed by atoms with E-state index in [1.54, 1.807) is 0 Å². The number of hydrogen-bond donors (Lipinski definition) is 0. The lowest BCUT2D eigenvalue weighted by atomic mass is 9.89. The Labute approximate surface area is 172 Å². The zero-order chi connectivity index (χ0) is 17.7. The SMILES string of the molecule is Cc1cc2cc3ccccc3cc2c(-c2c(Br)cc(Br)cc2Br)c1C. The molecular formula is C22H15Br3. The molecule has 0 aliphatic rings. The summed E-state index contributed by atoms with van der Waals surface area (Å²) >= 11 is 11.1. The summed E-state index contributed by atoms with van der Waals surface area (Å²) in [5, 5.41) is 5.10. The fourth-order valence-corrected chi connectivity index (χ4v) is 6.09. The van der Waals surface area contributed by atoms with E-state index in [1.807, 2.05) is 0 Å². The van der Waals surface area contributed by atoms with Crippen LogP contribution in [-0.4, -0.2) is 0 Å². The number of rotatable bonds is 1. The Morgan fingerprint density at radius 2 is 1.24 bits per heavy atom. The Kier molecular flexibility index (Phi) is 4.51. The van der Waals surface area contributed by atoms with E-state index in [2.05, 4.69) is 116 Å². The summed E-state index contributed by atoms with van der Waals surface area (Å²) in [5.74, 6) is 0. The first-order valence-corrected chi connectivity index (χ1v) is 10.4. The molecule has 0 bridgehead atoms. The van der Waals surface area contributed by atoms with E-state index in [0.29, 0.717) is 0 Å². The number of benzene rings is 4. The summed E-state index contributed by atoms with van der Waals surface area (Å²) in [5.41, 5.74) is 5.10. The normalized spacial score (nSPS) is 11.4. The van der Waals surface area contributed by atoms with E-state index in [0.717, 1.165) is 13.4 Å². The lowest BCUT2D eigenvalue weighted by Gasteiger charge is -2.17. The third kappa shape index (κ3) is 2.97. The Bertz CT molecular complexity index is 1120. The number of fused-ring (bicyclic) bond motifs is 2. The van der Waals surface area contributed by atoms with Crippen molar-refractivity contribution in [2.24, 2.45) is 0 Å². The molecule has 0 aliphatic carbocycles. The molecule has 4 aromatic carbocycles. The third-order valence-corrected chi connectivity index (χ3v) is 6.49. The van der Waals surface area contributed by atoms with Crippen LogP contribution in [0.15, 0.2) is 68.0 Å². The molecule has 0 heterocycles. The van der Waals surface area contributed by atoms with E-state index in [1.165, 1.54) is 43.8 Å². The smallest absolute Gasteiger partial charge is 0.0276 e. The van der Waals surface area contributed by atoms with Crippen LogP contribution >= 0.6 is 47.8 Å². The number of hydrogen-bond acceptors (Lipinski definition) is 0. The van der Waals surface area contributed by atoms with E-state index in [4.69, 9.17) is 0 Å². The van der Waals surface area contributed by atoms with E-state index < -0.39 is 0 Å². The highest BCUT2D eigenvalue weighted by molar-refractivity contribution is 9.11. The molecule has 0 nitrogen and oxygen atoms in total. The van der Waals surface area contributed by atoms with Crippen molar-refractivity contribution in [2.45, 2.75) is 13.8 Å². The lowest BCUT2D eigenvalue weighted by Crippen LogP contribution is -1.93. The summed E-state index contributed by atoms with van der Waals surface area (Å²) in [6.45, 7) is 4.40. The Hall–Kier alpha value is -1.16. The molecule has 3 heteroatoms. The quantitative estimate of drug-likeness (QED) is 0.221. The minimum Gasteiger partial charge on any atom is -0.0616 e. The first-order chi connectivity index (χ1) is 12.0. The highest BCUT2D eigenvalue weighted by atomic mass is 79.9. The first-order valence-electron chi connectivity index (χ1n) is 8.03. The van der Waals surface area contributed by atoms with Gasteiger partial charge < -0.3 is 0 Å². The van der Waals surface area contributed by atoms with Crippen LogP contribution in [0, 0.1) is 13.8 Å². The standard InChI is InChI=1S/C22H15Br3/c1-12-7-16-8-14-5-3-4-6-15(14)9-18(16)21(13(12)2)22-19(24)10-17(23)11-20(22)25/h3-11H,1-2H3. The monoisotopic (exact) mass is 516 g/mol. The minimum atomic E-state index is 1.05. The maximum atomic E-state index is 3.77. The second-order valence-corrected chi connectivity index (χ2v) is 8.98. The van der Waals surface area contributed by atoms with Gasteiger partial charge in [-0.1, -0.05) is 78.1 Å². The molecule has 0 spiro atoms. The molecule has 4 aromatic rings. The van der Waals surface area contributed by atoms with Crippen molar-refractivity contribution in [1.82, 2.24) is 0 Å². The Morgan fingerprint density at radius 3 is 1.88 bits per heavy atom. The van der Waals surface area contributed by atoms with E-state index in [-0.39, 0.29) is 0 Å². The zero-order valence-electron chi connectivity index (χ0n) is 13.8. The van der Waals surface area contributed by atoms with Crippen molar-refractivity contribution in [3.63, 3.8) is 0 Å².